The Morgan fingerprint density at radius 3 is 3.00 bits per heavy atom. The van der Waals surface area contributed by atoms with Crippen molar-refractivity contribution >= 4 is 41.7 Å². The summed E-state index contributed by atoms with van der Waals surface area (Å²) in [6.07, 6.45) is 7.01. The topological polar surface area (TPSA) is 58.8 Å². The predicted octanol–water partition coefficient (Wildman–Crippen LogP) is 3.07. The van der Waals surface area contributed by atoms with E-state index in [1.165, 1.54) is 0 Å². The molecule has 0 radical (unpaired) electrons. The molecule has 1 atom stereocenters. The Bertz CT molecular complexity index is 462. The number of aliphatic imine (C=N–C) groups is 1. The summed E-state index contributed by atoms with van der Waals surface area (Å²) >= 11 is 1.86. The number of halogens is 1. The highest BCUT2D eigenvalue weighted by Crippen LogP contribution is 2.11. The lowest BCUT2D eigenvalue weighted by Gasteiger charge is -2.13. The third-order valence-corrected chi connectivity index (χ3v) is 4.46. The number of nitrogens with one attached hydrogen (secondary N) is 2. The molecule has 1 aliphatic rings. The van der Waals surface area contributed by atoms with Gasteiger partial charge in [-0.25, -0.2) is 0 Å². The van der Waals surface area contributed by atoms with E-state index in [2.05, 4.69) is 22.2 Å². The van der Waals surface area contributed by atoms with Crippen molar-refractivity contribution < 1.29 is 9.15 Å². The average molecular weight is 465 g/mol. The molecule has 5 nitrogen and oxygen atoms in total. The Kier molecular flexibility index (Phi) is 12.1. The second-order valence-electron chi connectivity index (χ2n) is 5.37. The van der Waals surface area contributed by atoms with Gasteiger partial charge in [0.25, 0.3) is 0 Å². The summed E-state index contributed by atoms with van der Waals surface area (Å²) in [6.45, 7) is 7.00. The van der Waals surface area contributed by atoms with Gasteiger partial charge in [0.2, 0.25) is 0 Å². The van der Waals surface area contributed by atoms with Gasteiger partial charge >= 0.3 is 0 Å². The van der Waals surface area contributed by atoms with Crippen molar-refractivity contribution in [2.45, 2.75) is 25.4 Å². The maximum Gasteiger partial charge on any atom is 0.191 e. The van der Waals surface area contributed by atoms with Crippen molar-refractivity contribution in [3.05, 3.63) is 36.8 Å². The molecule has 0 bridgehead atoms. The fourth-order valence-corrected chi connectivity index (χ4v) is 2.90. The van der Waals surface area contributed by atoms with Gasteiger partial charge in [-0.1, -0.05) is 6.08 Å². The van der Waals surface area contributed by atoms with Gasteiger partial charge in [-0.2, -0.15) is 11.8 Å². The fraction of sp³-hybridized carbons (Fsp3) is 0.588. The second-order valence-corrected chi connectivity index (χ2v) is 6.52. The van der Waals surface area contributed by atoms with Crippen LogP contribution in [0.15, 0.2) is 40.5 Å². The third kappa shape index (κ3) is 8.98. The van der Waals surface area contributed by atoms with Crippen LogP contribution in [-0.2, 0) is 11.2 Å². The Morgan fingerprint density at radius 1 is 1.42 bits per heavy atom. The molecule has 0 aromatic carbocycles. The standard InChI is InChI=1S/C17H27N3O2S.HI/c1-2-12-23-13-9-19-17(20-14-16-6-4-11-22-16)18-8-7-15-5-3-10-21-15;/h2-3,5,10,16H,1,4,6-9,11-14H2,(H2,18,19,20);1H. The van der Waals surface area contributed by atoms with Crippen molar-refractivity contribution in [3.8, 4) is 0 Å². The molecule has 0 spiro atoms. The van der Waals surface area contributed by atoms with E-state index in [1.807, 2.05) is 30.0 Å². The lowest BCUT2D eigenvalue weighted by atomic mass is 10.2. The minimum atomic E-state index is 0. The Labute approximate surface area is 166 Å². The Hall–Kier alpha value is -0.670. The lowest BCUT2D eigenvalue weighted by molar-refractivity contribution is 0.117. The van der Waals surface area contributed by atoms with Crippen molar-refractivity contribution in [3.63, 3.8) is 0 Å². The number of nitrogens with zero attached hydrogens (tertiary/aromatic N) is 1. The SMILES string of the molecule is C=CCSCCNC(=NCC1CCCO1)NCCc1ccco1.I. The Balaban J connectivity index is 0.00000288. The molecule has 1 aromatic heterocycles. The molecule has 0 saturated carbocycles. The monoisotopic (exact) mass is 465 g/mol. The zero-order chi connectivity index (χ0) is 16.2. The van der Waals surface area contributed by atoms with Gasteiger partial charge in [-0.05, 0) is 25.0 Å². The first kappa shape index (κ1) is 21.4. The normalized spacial score (nSPS) is 17.3. The fourth-order valence-electron chi connectivity index (χ4n) is 2.32. The number of hydrogen-bond donors (Lipinski definition) is 2. The van der Waals surface area contributed by atoms with Crippen LogP contribution >= 0.6 is 35.7 Å². The summed E-state index contributed by atoms with van der Waals surface area (Å²) in [7, 11) is 0. The maximum atomic E-state index is 5.63. The van der Waals surface area contributed by atoms with Gasteiger partial charge in [-0.15, -0.1) is 30.6 Å². The van der Waals surface area contributed by atoms with Crippen LogP contribution in [0.2, 0.25) is 0 Å². The van der Waals surface area contributed by atoms with E-state index in [4.69, 9.17) is 9.15 Å². The molecule has 1 aromatic rings. The smallest absolute Gasteiger partial charge is 0.191 e. The van der Waals surface area contributed by atoms with Crippen LogP contribution in [0.25, 0.3) is 0 Å². The molecule has 2 rings (SSSR count). The van der Waals surface area contributed by atoms with Gasteiger partial charge in [-0.3, -0.25) is 4.99 Å². The molecule has 24 heavy (non-hydrogen) atoms. The predicted molar refractivity (Wildman–Crippen MR) is 113 cm³/mol. The summed E-state index contributed by atoms with van der Waals surface area (Å²) in [4.78, 5) is 4.65. The van der Waals surface area contributed by atoms with E-state index in [0.29, 0.717) is 0 Å². The van der Waals surface area contributed by atoms with Crippen molar-refractivity contribution in [2.24, 2.45) is 4.99 Å². The lowest BCUT2D eigenvalue weighted by Crippen LogP contribution is -2.40. The highest BCUT2D eigenvalue weighted by molar-refractivity contribution is 14.0. The summed E-state index contributed by atoms with van der Waals surface area (Å²) in [5.41, 5.74) is 0. The highest BCUT2D eigenvalue weighted by atomic mass is 127. The largest absolute Gasteiger partial charge is 0.469 e. The number of ether oxygens (including phenoxy) is 1. The molecule has 0 aliphatic carbocycles. The number of hydrogen-bond acceptors (Lipinski definition) is 4. The number of guanidine groups is 1. The number of furan rings is 1. The van der Waals surface area contributed by atoms with Crippen LogP contribution in [0.4, 0.5) is 0 Å². The molecule has 2 N–H and O–H groups in total. The molecule has 1 unspecified atom stereocenters. The molecule has 0 amide bonds. The first-order valence-electron chi connectivity index (χ1n) is 8.23. The van der Waals surface area contributed by atoms with E-state index >= 15 is 0 Å². The van der Waals surface area contributed by atoms with Gasteiger partial charge in [0.05, 0.1) is 18.9 Å². The van der Waals surface area contributed by atoms with Crippen LogP contribution in [-0.4, -0.2) is 49.8 Å². The molecular formula is C17H28IN3O2S. The van der Waals surface area contributed by atoms with E-state index < -0.39 is 0 Å². The molecule has 1 saturated heterocycles. The summed E-state index contributed by atoms with van der Waals surface area (Å²) in [6, 6.07) is 3.90. The van der Waals surface area contributed by atoms with Crippen LogP contribution < -0.4 is 10.6 Å². The van der Waals surface area contributed by atoms with Crippen LogP contribution in [0, 0.1) is 0 Å². The minimum absolute atomic E-state index is 0. The molecule has 136 valence electrons. The Morgan fingerprint density at radius 2 is 2.29 bits per heavy atom. The maximum absolute atomic E-state index is 5.63. The molecule has 2 heterocycles. The third-order valence-electron chi connectivity index (χ3n) is 3.50. The summed E-state index contributed by atoms with van der Waals surface area (Å²) in [5, 5.41) is 6.75. The van der Waals surface area contributed by atoms with E-state index in [1.54, 1.807) is 6.26 Å². The minimum Gasteiger partial charge on any atom is -0.469 e. The van der Waals surface area contributed by atoms with E-state index in [0.717, 1.165) is 68.7 Å². The first-order chi connectivity index (χ1) is 11.4. The summed E-state index contributed by atoms with van der Waals surface area (Å²) in [5.74, 6) is 3.85. The zero-order valence-corrected chi connectivity index (χ0v) is 17.2. The van der Waals surface area contributed by atoms with Crippen LogP contribution in [0.3, 0.4) is 0 Å². The average Bonchev–Trinajstić information content (AvgIpc) is 3.25. The quantitative estimate of drug-likeness (QED) is 0.183. The summed E-state index contributed by atoms with van der Waals surface area (Å²) < 4.78 is 11.0. The van der Waals surface area contributed by atoms with E-state index in [-0.39, 0.29) is 30.1 Å². The molecule has 1 aliphatic heterocycles. The van der Waals surface area contributed by atoms with Gasteiger partial charge in [0.15, 0.2) is 5.96 Å². The van der Waals surface area contributed by atoms with Gasteiger partial charge in [0, 0.05) is 37.6 Å². The second kappa shape index (κ2) is 13.6. The van der Waals surface area contributed by atoms with Crippen LogP contribution in [0.1, 0.15) is 18.6 Å². The van der Waals surface area contributed by atoms with Gasteiger partial charge in [0.1, 0.15) is 5.76 Å². The molecule has 7 heteroatoms. The molecular weight excluding hydrogens is 437 g/mol. The zero-order valence-electron chi connectivity index (χ0n) is 14.0. The highest BCUT2D eigenvalue weighted by Gasteiger charge is 2.14. The van der Waals surface area contributed by atoms with E-state index in [9.17, 15) is 0 Å². The number of thioether (sulfide) groups is 1. The first-order valence-corrected chi connectivity index (χ1v) is 9.39. The molecule has 1 fully saturated rings. The van der Waals surface area contributed by atoms with Crippen LogP contribution in [0.5, 0.6) is 0 Å². The van der Waals surface area contributed by atoms with Crippen molar-refractivity contribution in [2.75, 3.05) is 37.7 Å². The number of rotatable bonds is 10. The van der Waals surface area contributed by atoms with Gasteiger partial charge < -0.3 is 19.8 Å². The van der Waals surface area contributed by atoms with Crippen molar-refractivity contribution in [1.29, 1.82) is 0 Å². The van der Waals surface area contributed by atoms with Crippen molar-refractivity contribution in [1.82, 2.24) is 10.6 Å².